The zero-order chi connectivity index (χ0) is 25.6. The molecule has 9 heteroatoms. The molecule has 0 aliphatic carbocycles. The maximum absolute atomic E-state index is 13.5. The van der Waals surface area contributed by atoms with Crippen LogP contribution in [0, 0.1) is 12.8 Å². The zero-order valence-corrected chi connectivity index (χ0v) is 20.3. The number of aromatic nitrogens is 2. The molecule has 0 saturated heterocycles. The molecule has 3 aromatic rings. The number of carbonyl (C=O) groups is 1. The second-order valence-corrected chi connectivity index (χ2v) is 8.05. The van der Waals surface area contributed by atoms with Gasteiger partial charge in [-0.15, -0.1) is 0 Å². The van der Waals surface area contributed by atoms with Crippen molar-refractivity contribution in [3.8, 4) is 5.75 Å². The largest absolute Gasteiger partial charge is 0.496 e. The van der Waals surface area contributed by atoms with Gasteiger partial charge in [0, 0.05) is 24.2 Å². The Morgan fingerprint density at radius 2 is 1.85 bits per heavy atom. The second-order valence-electron chi connectivity index (χ2n) is 8.05. The fourth-order valence-corrected chi connectivity index (χ4v) is 3.37. The van der Waals surface area contributed by atoms with Crippen LogP contribution in [-0.4, -0.2) is 34.4 Å². The van der Waals surface area contributed by atoms with Gasteiger partial charge in [0.1, 0.15) is 11.6 Å². The molecule has 2 heterocycles. The molecule has 0 radical (unpaired) electrons. The second kappa shape index (κ2) is 11.2. The average Bonchev–Trinajstić information content (AvgIpc) is 2.79. The molecule has 184 valence electrons. The number of nitrogen functional groups attached to an aromatic ring is 1. The average molecular weight is 477 g/mol. The number of nitrogens with two attached hydrogens (primary N) is 1. The number of methoxy groups -OCH3 is 1. The third kappa shape index (κ3) is 6.36. The van der Waals surface area contributed by atoms with Gasteiger partial charge >= 0.3 is 6.18 Å². The standard InChI is InChI=1S/C23H25F3N4O2.C2H6/c1-13(2)11-30(12-17-6-5-16(10-28-17)23(24,25)26)22(31)18-8-15-7-14(3)21(27)29-19(15)9-20(18)32-4;1-2/h5-10,13H,11-12H2,1-4H3,(H2,27,29);1-2H3. The van der Waals surface area contributed by atoms with Crippen LogP contribution in [0.25, 0.3) is 10.9 Å². The number of anilines is 1. The Labute approximate surface area is 198 Å². The van der Waals surface area contributed by atoms with Crippen molar-refractivity contribution in [1.82, 2.24) is 14.9 Å². The molecule has 0 saturated carbocycles. The Morgan fingerprint density at radius 1 is 1.18 bits per heavy atom. The molecule has 0 atom stereocenters. The molecule has 0 spiro atoms. The van der Waals surface area contributed by atoms with Crippen LogP contribution in [0.4, 0.5) is 19.0 Å². The summed E-state index contributed by atoms with van der Waals surface area (Å²) in [7, 11) is 1.46. The third-order valence-corrected chi connectivity index (χ3v) is 4.97. The predicted molar refractivity (Wildman–Crippen MR) is 128 cm³/mol. The van der Waals surface area contributed by atoms with E-state index in [1.807, 2.05) is 40.7 Å². The van der Waals surface area contributed by atoms with E-state index in [4.69, 9.17) is 10.5 Å². The minimum absolute atomic E-state index is 0.0648. The van der Waals surface area contributed by atoms with Crippen LogP contribution < -0.4 is 10.5 Å². The molecule has 0 fully saturated rings. The van der Waals surface area contributed by atoms with Crippen LogP contribution in [0.3, 0.4) is 0 Å². The Hall–Kier alpha value is -3.36. The molecule has 0 unspecified atom stereocenters. The number of nitrogens with zero attached hydrogens (tertiary/aromatic N) is 3. The van der Waals surface area contributed by atoms with Gasteiger partial charge in [0.15, 0.2) is 0 Å². The highest BCUT2D eigenvalue weighted by Gasteiger charge is 2.31. The normalized spacial score (nSPS) is 11.2. The summed E-state index contributed by atoms with van der Waals surface area (Å²) in [4.78, 5) is 23.3. The molecule has 2 aromatic heterocycles. The number of ether oxygens (including phenoxy) is 1. The van der Waals surface area contributed by atoms with Gasteiger partial charge in [-0.2, -0.15) is 13.2 Å². The van der Waals surface area contributed by atoms with Crippen LogP contribution >= 0.6 is 0 Å². The van der Waals surface area contributed by atoms with Gasteiger partial charge in [-0.3, -0.25) is 9.78 Å². The number of hydrogen-bond acceptors (Lipinski definition) is 5. The van der Waals surface area contributed by atoms with Crippen molar-refractivity contribution in [1.29, 1.82) is 0 Å². The summed E-state index contributed by atoms with van der Waals surface area (Å²) in [6.45, 7) is 10.2. The summed E-state index contributed by atoms with van der Waals surface area (Å²) in [6.07, 6.45) is -3.68. The highest BCUT2D eigenvalue weighted by Crippen LogP contribution is 2.30. The van der Waals surface area contributed by atoms with Gasteiger partial charge in [0.2, 0.25) is 0 Å². The molecule has 34 heavy (non-hydrogen) atoms. The Bertz CT molecular complexity index is 1130. The molecule has 1 aromatic carbocycles. The van der Waals surface area contributed by atoms with Crippen LogP contribution in [0.1, 0.15) is 54.9 Å². The lowest BCUT2D eigenvalue weighted by Gasteiger charge is -2.25. The van der Waals surface area contributed by atoms with Gasteiger partial charge in [-0.05, 0) is 42.7 Å². The summed E-state index contributed by atoms with van der Waals surface area (Å²) in [5.74, 6) is 0.554. The molecule has 6 nitrogen and oxygen atoms in total. The van der Waals surface area contributed by atoms with E-state index in [1.54, 1.807) is 17.0 Å². The number of fused-ring (bicyclic) bond motifs is 1. The van der Waals surface area contributed by atoms with Crippen molar-refractivity contribution in [2.24, 2.45) is 5.92 Å². The van der Waals surface area contributed by atoms with Crippen LogP contribution in [-0.2, 0) is 12.7 Å². The number of benzene rings is 1. The molecule has 0 aliphatic rings. The van der Waals surface area contributed by atoms with E-state index in [0.29, 0.717) is 34.9 Å². The fourth-order valence-electron chi connectivity index (χ4n) is 3.37. The van der Waals surface area contributed by atoms with Crippen molar-refractivity contribution >= 4 is 22.6 Å². The first-order valence-electron chi connectivity index (χ1n) is 11.1. The minimum atomic E-state index is -4.47. The topological polar surface area (TPSA) is 81.3 Å². The summed E-state index contributed by atoms with van der Waals surface area (Å²) in [5, 5.41) is 0.734. The number of hydrogen-bond donors (Lipinski definition) is 1. The maximum atomic E-state index is 13.5. The number of carbonyl (C=O) groups excluding carboxylic acids is 1. The Balaban J connectivity index is 0.00000199. The first-order chi connectivity index (χ1) is 16.0. The lowest BCUT2D eigenvalue weighted by molar-refractivity contribution is -0.137. The number of alkyl halides is 3. The lowest BCUT2D eigenvalue weighted by Crippen LogP contribution is -2.34. The van der Waals surface area contributed by atoms with Crippen LogP contribution in [0.2, 0.25) is 0 Å². The smallest absolute Gasteiger partial charge is 0.417 e. The van der Waals surface area contributed by atoms with E-state index < -0.39 is 11.7 Å². The third-order valence-electron chi connectivity index (χ3n) is 4.97. The molecule has 0 bridgehead atoms. The fraction of sp³-hybridized carbons (Fsp3) is 0.400. The summed E-state index contributed by atoms with van der Waals surface area (Å²) in [5.41, 5.74) is 7.14. The molecule has 2 N–H and O–H groups in total. The Morgan fingerprint density at radius 3 is 2.38 bits per heavy atom. The number of amides is 1. The minimum Gasteiger partial charge on any atom is -0.496 e. The molecule has 1 amide bonds. The highest BCUT2D eigenvalue weighted by molar-refractivity contribution is 6.01. The number of rotatable bonds is 6. The van der Waals surface area contributed by atoms with E-state index in [9.17, 15) is 18.0 Å². The van der Waals surface area contributed by atoms with Crippen LogP contribution in [0.5, 0.6) is 5.75 Å². The van der Waals surface area contributed by atoms with Crippen molar-refractivity contribution < 1.29 is 22.7 Å². The van der Waals surface area contributed by atoms with E-state index in [-0.39, 0.29) is 18.4 Å². The summed E-state index contributed by atoms with van der Waals surface area (Å²) < 4.78 is 43.9. The summed E-state index contributed by atoms with van der Waals surface area (Å²) in [6, 6.07) is 7.46. The first kappa shape index (κ1) is 26.9. The van der Waals surface area contributed by atoms with Gasteiger partial charge in [-0.1, -0.05) is 27.7 Å². The van der Waals surface area contributed by atoms with Crippen molar-refractivity contribution in [2.75, 3.05) is 19.4 Å². The molecule has 0 aliphatic heterocycles. The van der Waals surface area contributed by atoms with Crippen molar-refractivity contribution in [3.63, 3.8) is 0 Å². The van der Waals surface area contributed by atoms with Gasteiger partial charge in [0.25, 0.3) is 5.91 Å². The predicted octanol–water partition coefficient (Wildman–Crippen LogP) is 5.87. The summed E-state index contributed by atoms with van der Waals surface area (Å²) >= 11 is 0. The number of halogens is 3. The number of pyridine rings is 2. The Kier molecular flexibility index (Phi) is 8.84. The van der Waals surface area contributed by atoms with E-state index >= 15 is 0 Å². The zero-order valence-electron chi connectivity index (χ0n) is 20.3. The highest BCUT2D eigenvalue weighted by atomic mass is 19.4. The number of aryl methyl sites for hydroxylation is 1. The molecular weight excluding hydrogens is 445 g/mol. The van der Waals surface area contributed by atoms with E-state index in [1.165, 1.54) is 13.2 Å². The van der Waals surface area contributed by atoms with Crippen molar-refractivity contribution in [2.45, 2.75) is 47.3 Å². The maximum Gasteiger partial charge on any atom is 0.417 e. The van der Waals surface area contributed by atoms with Crippen LogP contribution in [0.15, 0.2) is 36.5 Å². The molecular formula is C25H31F3N4O2. The lowest BCUT2D eigenvalue weighted by atomic mass is 10.1. The quantitative estimate of drug-likeness (QED) is 0.481. The van der Waals surface area contributed by atoms with Gasteiger partial charge < -0.3 is 15.4 Å². The molecule has 3 rings (SSSR count). The SMILES string of the molecule is CC.COc1cc2nc(N)c(C)cc2cc1C(=O)N(Cc1ccc(C(F)(F)F)cn1)CC(C)C. The van der Waals surface area contributed by atoms with Gasteiger partial charge in [-0.25, -0.2) is 4.98 Å². The van der Waals surface area contributed by atoms with E-state index in [0.717, 1.165) is 23.2 Å². The van der Waals surface area contributed by atoms with E-state index in [2.05, 4.69) is 9.97 Å². The first-order valence-corrected chi connectivity index (χ1v) is 11.1. The van der Waals surface area contributed by atoms with Gasteiger partial charge in [0.05, 0.1) is 36.0 Å². The van der Waals surface area contributed by atoms with Crippen molar-refractivity contribution in [3.05, 3.63) is 58.9 Å². The monoisotopic (exact) mass is 476 g/mol.